The first kappa shape index (κ1) is 13.8. The van der Waals surface area contributed by atoms with Crippen LogP contribution in [0.3, 0.4) is 0 Å². The summed E-state index contributed by atoms with van der Waals surface area (Å²) in [5.41, 5.74) is 2.56. The van der Waals surface area contributed by atoms with Crippen molar-refractivity contribution >= 4 is 21.6 Å². The van der Waals surface area contributed by atoms with E-state index >= 15 is 0 Å². The Morgan fingerprint density at radius 3 is 2.89 bits per heavy atom. The molecule has 18 heavy (non-hydrogen) atoms. The number of aliphatic hydroxyl groups excluding tert-OH is 1. The Morgan fingerprint density at radius 2 is 2.22 bits per heavy atom. The van der Waals surface area contributed by atoms with Gasteiger partial charge in [0.2, 0.25) is 0 Å². The molecule has 4 heteroatoms. The number of benzene rings is 1. The van der Waals surface area contributed by atoms with Crippen molar-refractivity contribution in [3.05, 3.63) is 28.2 Å². The maximum Gasteiger partial charge on any atom is 0.0451 e. The smallest absolute Gasteiger partial charge is 0.0451 e. The van der Waals surface area contributed by atoms with Crippen LogP contribution in [0, 0.1) is 6.92 Å². The van der Waals surface area contributed by atoms with E-state index < -0.39 is 0 Å². The van der Waals surface area contributed by atoms with E-state index in [2.05, 4.69) is 58.2 Å². The van der Waals surface area contributed by atoms with Crippen molar-refractivity contribution in [3.8, 4) is 0 Å². The molecule has 2 unspecified atom stereocenters. The lowest BCUT2D eigenvalue weighted by molar-refractivity contribution is 0.259. The molecule has 1 aromatic rings. The summed E-state index contributed by atoms with van der Waals surface area (Å²) in [5, 5.41) is 12.7. The van der Waals surface area contributed by atoms with Crippen LogP contribution in [0.15, 0.2) is 22.7 Å². The lowest BCUT2D eigenvalue weighted by Crippen LogP contribution is -2.57. The second-order valence-corrected chi connectivity index (χ2v) is 5.93. The highest BCUT2D eigenvalue weighted by atomic mass is 79.9. The molecule has 0 aliphatic carbocycles. The number of halogens is 1. The van der Waals surface area contributed by atoms with Crippen LogP contribution in [-0.4, -0.2) is 36.9 Å². The summed E-state index contributed by atoms with van der Waals surface area (Å²) < 4.78 is 1.12. The van der Waals surface area contributed by atoms with Gasteiger partial charge < -0.3 is 15.3 Å². The molecule has 0 radical (unpaired) electrons. The number of aryl methyl sites for hydroxylation is 1. The van der Waals surface area contributed by atoms with Crippen LogP contribution in [0.2, 0.25) is 0 Å². The van der Waals surface area contributed by atoms with Gasteiger partial charge in [-0.2, -0.15) is 0 Å². The van der Waals surface area contributed by atoms with Crippen molar-refractivity contribution in [1.82, 2.24) is 5.32 Å². The fraction of sp³-hybridized carbons (Fsp3) is 0.571. The molecule has 1 saturated heterocycles. The van der Waals surface area contributed by atoms with Gasteiger partial charge in [0.1, 0.15) is 0 Å². The number of nitrogens with one attached hydrogen (secondary N) is 1. The minimum absolute atomic E-state index is 0.241. The number of rotatable bonds is 3. The molecular formula is C14H21BrN2O. The first-order valence-electron chi connectivity index (χ1n) is 6.49. The standard InChI is InChI=1S/C14H21BrN2O/c1-10-7-12(15)3-4-14(10)17-11(2)8-16-9-13(17)5-6-18/h3-4,7,11,13,16,18H,5-6,8-9H2,1-2H3. The zero-order valence-corrected chi connectivity index (χ0v) is 12.6. The van der Waals surface area contributed by atoms with Gasteiger partial charge in [0.15, 0.2) is 0 Å². The normalized spacial score (nSPS) is 24.3. The quantitative estimate of drug-likeness (QED) is 0.899. The van der Waals surface area contributed by atoms with Crippen molar-refractivity contribution in [2.75, 3.05) is 24.6 Å². The molecule has 1 fully saturated rings. The Morgan fingerprint density at radius 1 is 1.44 bits per heavy atom. The third kappa shape index (κ3) is 2.87. The highest BCUT2D eigenvalue weighted by Crippen LogP contribution is 2.29. The van der Waals surface area contributed by atoms with Crippen molar-refractivity contribution in [3.63, 3.8) is 0 Å². The summed E-state index contributed by atoms with van der Waals surface area (Å²) in [6.45, 7) is 6.56. The minimum Gasteiger partial charge on any atom is -0.396 e. The monoisotopic (exact) mass is 312 g/mol. The number of piperazine rings is 1. The summed E-state index contributed by atoms with van der Waals surface area (Å²) >= 11 is 3.51. The van der Waals surface area contributed by atoms with Crippen LogP contribution < -0.4 is 10.2 Å². The molecule has 0 bridgehead atoms. The van der Waals surface area contributed by atoms with Gasteiger partial charge in [-0.1, -0.05) is 15.9 Å². The summed E-state index contributed by atoms with van der Waals surface area (Å²) in [7, 11) is 0. The van der Waals surface area contributed by atoms with Gasteiger partial charge in [-0.25, -0.2) is 0 Å². The van der Waals surface area contributed by atoms with Gasteiger partial charge in [0, 0.05) is 41.9 Å². The maximum atomic E-state index is 9.22. The molecule has 2 N–H and O–H groups in total. The lowest BCUT2D eigenvalue weighted by atomic mass is 10.0. The average molecular weight is 313 g/mol. The summed E-state index contributed by atoms with van der Waals surface area (Å²) in [6.07, 6.45) is 0.812. The van der Waals surface area contributed by atoms with Gasteiger partial charge in [0.05, 0.1) is 0 Å². The summed E-state index contributed by atoms with van der Waals surface area (Å²) in [6, 6.07) is 7.24. The highest BCUT2D eigenvalue weighted by Gasteiger charge is 2.28. The van der Waals surface area contributed by atoms with E-state index in [1.54, 1.807) is 0 Å². The number of anilines is 1. The Balaban J connectivity index is 2.31. The summed E-state index contributed by atoms with van der Waals surface area (Å²) in [4.78, 5) is 2.45. The number of aliphatic hydroxyl groups is 1. The fourth-order valence-corrected chi connectivity index (χ4v) is 3.22. The van der Waals surface area contributed by atoms with Crippen LogP contribution in [0.4, 0.5) is 5.69 Å². The first-order valence-corrected chi connectivity index (χ1v) is 7.29. The van der Waals surface area contributed by atoms with E-state index in [0.717, 1.165) is 24.0 Å². The van der Waals surface area contributed by atoms with Crippen LogP contribution >= 0.6 is 15.9 Å². The van der Waals surface area contributed by atoms with E-state index in [-0.39, 0.29) is 6.61 Å². The molecule has 1 aliphatic heterocycles. The number of nitrogens with zero attached hydrogens (tertiary/aromatic N) is 1. The SMILES string of the molecule is Cc1cc(Br)ccc1N1C(C)CNCC1CCO. The van der Waals surface area contributed by atoms with Crippen LogP contribution in [0.1, 0.15) is 18.9 Å². The maximum absolute atomic E-state index is 9.22. The molecule has 0 spiro atoms. The van der Waals surface area contributed by atoms with E-state index in [4.69, 9.17) is 0 Å². The molecule has 0 saturated carbocycles. The molecule has 100 valence electrons. The summed E-state index contributed by atoms with van der Waals surface area (Å²) in [5.74, 6) is 0. The zero-order chi connectivity index (χ0) is 13.1. The predicted octanol–water partition coefficient (Wildman–Crippen LogP) is 2.31. The van der Waals surface area contributed by atoms with E-state index in [1.807, 2.05) is 0 Å². The third-order valence-electron chi connectivity index (χ3n) is 3.59. The van der Waals surface area contributed by atoms with Gasteiger partial charge in [-0.3, -0.25) is 0 Å². The fourth-order valence-electron chi connectivity index (χ4n) is 2.75. The Labute approximate surface area is 117 Å². The third-order valence-corrected chi connectivity index (χ3v) is 4.08. The minimum atomic E-state index is 0.241. The molecule has 2 rings (SSSR count). The van der Waals surface area contributed by atoms with Crippen LogP contribution in [0.25, 0.3) is 0 Å². The average Bonchev–Trinajstić information content (AvgIpc) is 2.31. The molecule has 2 atom stereocenters. The molecule has 1 heterocycles. The Kier molecular flexibility index (Phi) is 4.65. The topological polar surface area (TPSA) is 35.5 Å². The molecule has 3 nitrogen and oxygen atoms in total. The molecule has 1 aliphatic rings. The molecular weight excluding hydrogens is 292 g/mol. The van der Waals surface area contributed by atoms with Crippen LogP contribution in [-0.2, 0) is 0 Å². The largest absolute Gasteiger partial charge is 0.396 e. The van der Waals surface area contributed by atoms with Gasteiger partial charge in [-0.15, -0.1) is 0 Å². The molecule has 0 amide bonds. The van der Waals surface area contributed by atoms with Gasteiger partial charge >= 0.3 is 0 Å². The van der Waals surface area contributed by atoms with Gasteiger partial charge in [-0.05, 0) is 44.0 Å². The number of hydrogen-bond acceptors (Lipinski definition) is 3. The molecule has 1 aromatic carbocycles. The highest BCUT2D eigenvalue weighted by molar-refractivity contribution is 9.10. The first-order chi connectivity index (χ1) is 8.63. The van der Waals surface area contributed by atoms with E-state index in [0.29, 0.717) is 12.1 Å². The zero-order valence-electron chi connectivity index (χ0n) is 11.0. The lowest BCUT2D eigenvalue weighted by Gasteiger charge is -2.43. The Hall–Kier alpha value is -0.580. The van der Waals surface area contributed by atoms with Crippen molar-refractivity contribution < 1.29 is 5.11 Å². The van der Waals surface area contributed by atoms with E-state index in [9.17, 15) is 5.11 Å². The number of hydrogen-bond donors (Lipinski definition) is 2. The molecule has 0 aromatic heterocycles. The van der Waals surface area contributed by atoms with Crippen molar-refractivity contribution in [2.24, 2.45) is 0 Å². The van der Waals surface area contributed by atoms with Crippen molar-refractivity contribution in [2.45, 2.75) is 32.4 Å². The van der Waals surface area contributed by atoms with E-state index in [1.165, 1.54) is 11.3 Å². The second-order valence-electron chi connectivity index (χ2n) is 5.01. The predicted molar refractivity (Wildman–Crippen MR) is 79.2 cm³/mol. The second kappa shape index (κ2) is 6.04. The van der Waals surface area contributed by atoms with Crippen LogP contribution in [0.5, 0.6) is 0 Å². The Bertz CT molecular complexity index is 409. The van der Waals surface area contributed by atoms with Crippen molar-refractivity contribution in [1.29, 1.82) is 0 Å². The van der Waals surface area contributed by atoms with Gasteiger partial charge in [0.25, 0.3) is 0 Å².